The number of likely N-dealkylation sites (tertiary alicyclic amines) is 1. The van der Waals surface area contributed by atoms with Crippen molar-refractivity contribution in [2.75, 3.05) is 6.54 Å². The molecule has 0 radical (unpaired) electrons. The zero-order valence-electron chi connectivity index (χ0n) is 24.7. The van der Waals surface area contributed by atoms with Gasteiger partial charge in [0, 0.05) is 36.0 Å². The van der Waals surface area contributed by atoms with Gasteiger partial charge in [0.05, 0.1) is 6.33 Å². The molecule has 0 aliphatic carbocycles. The third-order valence-electron chi connectivity index (χ3n) is 6.95. The largest absolute Gasteiger partial charge is 0.480 e. The Balaban J connectivity index is 1.90. The molecule has 0 bridgehead atoms. The molecule has 2 aromatic rings. The number of aromatic amines is 1. The van der Waals surface area contributed by atoms with Crippen LogP contribution in [-0.2, 0) is 30.4 Å². The molecule has 232 valence electrons. The van der Waals surface area contributed by atoms with E-state index in [0.717, 1.165) is 0 Å². The fourth-order valence-corrected chi connectivity index (χ4v) is 5.19. The molecule has 1 unspecified atom stereocenters. The predicted octanol–water partition coefficient (Wildman–Crippen LogP) is 1.77. The molecule has 5 N–H and O–H groups in total. The Bertz CT molecular complexity index is 1310. The van der Waals surface area contributed by atoms with Crippen LogP contribution in [0.15, 0.2) is 48.6 Å². The highest BCUT2D eigenvalue weighted by Gasteiger charge is 2.41. The zero-order chi connectivity index (χ0) is 31.7. The van der Waals surface area contributed by atoms with Gasteiger partial charge in [0.25, 0.3) is 5.91 Å². The van der Waals surface area contributed by atoms with E-state index in [1.54, 1.807) is 44.2 Å². The second-order valence-corrected chi connectivity index (χ2v) is 11.9. The molecule has 12 nitrogen and oxygen atoms in total. The number of carbonyl (C=O) groups is 5. The van der Waals surface area contributed by atoms with Gasteiger partial charge in [-0.05, 0) is 30.4 Å². The van der Waals surface area contributed by atoms with Crippen molar-refractivity contribution in [2.45, 2.75) is 70.3 Å². The Morgan fingerprint density at radius 3 is 2.37 bits per heavy atom. The minimum Gasteiger partial charge on any atom is -0.480 e. The van der Waals surface area contributed by atoms with Crippen LogP contribution in [0.1, 0.15) is 51.8 Å². The average Bonchev–Trinajstić information content (AvgIpc) is 3.61. The van der Waals surface area contributed by atoms with Crippen LogP contribution in [0, 0.1) is 11.8 Å². The standard InChI is InChI=1S/C30H40N6O6S/c1-17(2)12-23(30(41)42)35-27(38)22(14-20-15-31-16-32-20)33-26(37)21(13-19-8-6-5-7-9-19)34-28(39)25-24(43)10-11-36(25)29(40)18(3)4/h5-9,13,15-18,22-25,43H,10-12,14H2,1-4H3,(H,31,32)(H,33,37)(H,34,39)(H,35,38)(H,41,42)/t22-,23-,24?,25-/m0/s1. The number of carbonyl (C=O) groups excluding carboxylic acids is 4. The summed E-state index contributed by atoms with van der Waals surface area (Å²) in [5.74, 6) is -3.79. The maximum atomic E-state index is 13.7. The van der Waals surface area contributed by atoms with E-state index in [9.17, 15) is 29.1 Å². The smallest absolute Gasteiger partial charge is 0.326 e. The molecule has 3 rings (SSSR count). The number of H-pyrrole nitrogens is 1. The Morgan fingerprint density at radius 1 is 1.09 bits per heavy atom. The molecule has 1 aliphatic rings. The highest BCUT2D eigenvalue weighted by molar-refractivity contribution is 7.81. The molecule has 0 saturated carbocycles. The first-order chi connectivity index (χ1) is 20.4. The number of thiol groups is 1. The number of aromatic nitrogens is 2. The molecule has 0 spiro atoms. The van der Waals surface area contributed by atoms with Crippen LogP contribution >= 0.6 is 12.6 Å². The zero-order valence-corrected chi connectivity index (χ0v) is 25.6. The molecule has 43 heavy (non-hydrogen) atoms. The topological polar surface area (TPSA) is 174 Å². The molecule has 1 saturated heterocycles. The van der Waals surface area contributed by atoms with E-state index in [2.05, 4.69) is 38.5 Å². The van der Waals surface area contributed by atoms with Gasteiger partial charge in [-0.25, -0.2) is 9.78 Å². The Morgan fingerprint density at radius 2 is 1.79 bits per heavy atom. The Kier molecular flexibility index (Phi) is 11.9. The fourth-order valence-electron chi connectivity index (χ4n) is 4.78. The van der Waals surface area contributed by atoms with E-state index in [0.29, 0.717) is 24.2 Å². The lowest BCUT2D eigenvalue weighted by Crippen LogP contribution is -2.55. The predicted molar refractivity (Wildman–Crippen MR) is 164 cm³/mol. The van der Waals surface area contributed by atoms with Gasteiger partial charge in [-0.3, -0.25) is 19.2 Å². The molecule has 1 aromatic heterocycles. The summed E-state index contributed by atoms with van der Waals surface area (Å²) in [6, 6.07) is 5.54. The number of carboxylic acid groups (broad SMARTS) is 1. The number of nitrogens with zero attached hydrogens (tertiary/aromatic N) is 2. The summed E-state index contributed by atoms with van der Waals surface area (Å²) in [4.78, 5) is 73.6. The van der Waals surface area contributed by atoms with Crippen LogP contribution in [-0.4, -0.2) is 79.5 Å². The van der Waals surface area contributed by atoms with Gasteiger partial charge < -0.3 is 30.9 Å². The minimum atomic E-state index is -1.21. The second kappa shape index (κ2) is 15.4. The summed E-state index contributed by atoms with van der Waals surface area (Å²) in [6.07, 6.45) is 5.07. The van der Waals surface area contributed by atoms with Crippen LogP contribution in [0.5, 0.6) is 0 Å². The lowest BCUT2D eigenvalue weighted by atomic mass is 10.0. The van der Waals surface area contributed by atoms with Crippen molar-refractivity contribution in [3.8, 4) is 0 Å². The Labute approximate surface area is 256 Å². The molecule has 1 fully saturated rings. The number of hydrogen-bond donors (Lipinski definition) is 6. The first kappa shape index (κ1) is 33.4. The first-order valence-electron chi connectivity index (χ1n) is 14.2. The molecule has 2 heterocycles. The number of nitrogens with one attached hydrogen (secondary N) is 4. The van der Waals surface area contributed by atoms with Gasteiger partial charge in [0.1, 0.15) is 23.8 Å². The quantitative estimate of drug-likeness (QED) is 0.148. The molecule has 13 heteroatoms. The van der Waals surface area contributed by atoms with Crippen LogP contribution in [0.2, 0.25) is 0 Å². The number of amides is 4. The second-order valence-electron chi connectivity index (χ2n) is 11.3. The van der Waals surface area contributed by atoms with Crippen molar-refractivity contribution >= 4 is 48.3 Å². The maximum absolute atomic E-state index is 13.7. The number of benzene rings is 1. The number of hydrogen-bond acceptors (Lipinski definition) is 7. The van der Waals surface area contributed by atoms with E-state index < -0.39 is 47.1 Å². The van der Waals surface area contributed by atoms with Crippen LogP contribution in [0.4, 0.5) is 0 Å². The first-order valence-corrected chi connectivity index (χ1v) is 14.8. The van der Waals surface area contributed by atoms with Crippen molar-refractivity contribution in [1.82, 2.24) is 30.8 Å². The highest BCUT2D eigenvalue weighted by Crippen LogP contribution is 2.25. The lowest BCUT2D eigenvalue weighted by molar-refractivity contribution is -0.142. The summed E-state index contributed by atoms with van der Waals surface area (Å²) in [7, 11) is 0. The molecular weight excluding hydrogens is 572 g/mol. The summed E-state index contributed by atoms with van der Waals surface area (Å²) >= 11 is 4.54. The average molecular weight is 613 g/mol. The molecule has 4 amide bonds. The van der Waals surface area contributed by atoms with Crippen LogP contribution in [0.3, 0.4) is 0 Å². The molecule has 1 aromatic carbocycles. The number of aliphatic carboxylic acids is 1. The van der Waals surface area contributed by atoms with Crippen LogP contribution < -0.4 is 16.0 Å². The highest BCUT2D eigenvalue weighted by atomic mass is 32.1. The van der Waals surface area contributed by atoms with Crippen molar-refractivity contribution < 1.29 is 29.1 Å². The summed E-state index contributed by atoms with van der Waals surface area (Å²) in [6.45, 7) is 7.53. The van der Waals surface area contributed by atoms with E-state index >= 15 is 0 Å². The number of imidazole rings is 1. The van der Waals surface area contributed by atoms with Gasteiger partial charge in [-0.2, -0.15) is 12.6 Å². The third kappa shape index (κ3) is 9.43. The van der Waals surface area contributed by atoms with Gasteiger partial charge >= 0.3 is 5.97 Å². The summed E-state index contributed by atoms with van der Waals surface area (Å²) < 4.78 is 0. The lowest BCUT2D eigenvalue weighted by Gasteiger charge is -2.28. The van der Waals surface area contributed by atoms with Gasteiger partial charge in [0.2, 0.25) is 17.7 Å². The van der Waals surface area contributed by atoms with Gasteiger partial charge in [-0.15, -0.1) is 0 Å². The van der Waals surface area contributed by atoms with E-state index in [4.69, 9.17) is 0 Å². The Hall–Kier alpha value is -4.13. The monoisotopic (exact) mass is 612 g/mol. The number of carboxylic acids is 1. The maximum Gasteiger partial charge on any atom is 0.326 e. The third-order valence-corrected chi connectivity index (χ3v) is 7.49. The van der Waals surface area contributed by atoms with Crippen LogP contribution in [0.25, 0.3) is 6.08 Å². The van der Waals surface area contributed by atoms with E-state index in [1.807, 2.05) is 13.8 Å². The van der Waals surface area contributed by atoms with E-state index in [-0.39, 0.29) is 36.3 Å². The van der Waals surface area contributed by atoms with Crippen molar-refractivity contribution in [1.29, 1.82) is 0 Å². The molecular formula is C30H40N6O6S. The van der Waals surface area contributed by atoms with Crippen molar-refractivity contribution in [3.63, 3.8) is 0 Å². The minimum absolute atomic E-state index is 0.00828. The normalized spacial score (nSPS) is 18.3. The summed E-state index contributed by atoms with van der Waals surface area (Å²) in [5, 5.41) is 17.1. The van der Waals surface area contributed by atoms with Gasteiger partial charge in [-0.1, -0.05) is 58.0 Å². The molecule has 4 atom stereocenters. The van der Waals surface area contributed by atoms with E-state index in [1.165, 1.54) is 23.5 Å². The number of rotatable bonds is 13. The summed E-state index contributed by atoms with van der Waals surface area (Å²) in [5.41, 5.74) is 0.981. The van der Waals surface area contributed by atoms with Crippen molar-refractivity contribution in [3.05, 3.63) is 59.8 Å². The SMILES string of the molecule is CC(C)C[C@H](NC(=O)[C@H](Cc1cnc[nH]1)NC(=O)C(=Cc1ccccc1)NC(=O)[C@@H]1C(S)CCN1C(=O)C(C)C)C(=O)O. The van der Waals surface area contributed by atoms with Crippen molar-refractivity contribution in [2.24, 2.45) is 11.8 Å². The fraction of sp³-hybridized carbons (Fsp3) is 0.467. The van der Waals surface area contributed by atoms with Gasteiger partial charge in [0.15, 0.2) is 0 Å². The molecule has 1 aliphatic heterocycles.